The molecule has 1 aromatic heterocycles. The van der Waals surface area contributed by atoms with Crippen molar-refractivity contribution >= 4 is 11.6 Å². The Balaban J connectivity index is 0.00000274. The number of nitrogens with zero attached hydrogens (tertiary/aromatic N) is 3. The van der Waals surface area contributed by atoms with E-state index in [2.05, 4.69) is 34.2 Å². The highest BCUT2D eigenvalue weighted by Gasteiger charge is 2.11. The molecule has 0 bridgehead atoms. The summed E-state index contributed by atoms with van der Waals surface area (Å²) >= 11 is 0. The number of hydrogen-bond acceptors (Lipinski definition) is 7. The molecule has 0 fully saturated rings. The fourth-order valence-corrected chi connectivity index (χ4v) is 2.83. The Morgan fingerprint density at radius 1 is 1.26 bits per heavy atom. The van der Waals surface area contributed by atoms with Crippen molar-refractivity contribution < 1.29 is 5.11 Å². The molecule has 0 spiro atoms. The zero-order valence-electron chi connectivity index (χ0n) is 21.6. The van der Waals surface area contributed by atoms with Crippen molar-refractivity contribution in [2.24, 2.45) is 5.73 Å². The van der Waals surface area contributed by atoms with E-state index in [1.165, 1.54) is 0 Å². The second-order valence-corrected chi connectivity index (χ2v) is 8.02. The molecular formula is C28H38N6O. The summed E-state index contributed by atoms with van der Waals surface area (Å²) in [5.74, 6) is 0.110. The van der Waals surface area contributed by atoms with Crippen molar-refractivity contribution in [1.82, 2.24) is 15.3 Å². The molecule has 2 rings (SSSR count). The molecule has 0 saturated carbocycles. The van der Waals surface area contributed by atoms with Crippen molar-refractivity contribution in [2.75, 3.05) is 12.3 Å². The monoisotopic (exact) mass is 474 g/mol. The first-order chi connectivity index (χ1) is 16.6. The minimum Gasteiger partial charge on any atom is -0.396 e. The number of nitrogens with two attached hydrogens (primary N) is 2. The highest BCUT2D eigenvalue weighted by atomic mass is 16.3. The van der Waals surface area contributed by atoms with E-state index in [-0.39, 0.29) is 5.95 Å². The largest absolute Gasteiger partial charge is 0.396 e. The molecule has 186 valence electrons. The number of benzene rings is 1. The molecule has 0 aliphatic heterocycles. The maximum atomic E-state index is 9.71. The van der Waals surface area contributed by atoms with E-state index in [1.807, 2.05) is 58.1 Å². The first kappa shape index (κ1) is 30.9. The van der Waals surface area contributed by atoms with Gasteiger partial charge in [-0.2, -0.15) is 5.26 Å². The third-order valence-electron chi connectivity index (χ3n) is 4.54. The van der Waals surface area contributed by atoms with Crippen molar-refractivity contribution in [3.8, 4) is 30.2 Å². The van der Waals surface area contributed by atoms with Crippen molar-refractivity contribution in [3.63, 3.8) is 0 Å². The van der Waals surface area contributed by atoms with Crippen molar-refractivity contribution in [2.45, 2.75) is 53.6 Å². The van der Waals surface area contributed by atoms with Crippen LogP contribution >= 0.6 is 0 Å². The number of nitrogen functional groups attached to an aromatic ring is 1. The predicted molar refractivity (Wildman–Crippen MR) is 147 cm³/mol. The number of aliphatic hydroxyl groups is 1. The van der Waals surface area contributed by atoms with Gasteiger partial charge in [0.05, 0.1) is 34.3 Å². The maximum absolute atomic E-state index is 9.71. The van der Waals surface area contributed by atoms with Gasteiger partial charge in [-0.15, -0.1) is 12.8 Å². The van der Waals surface area contributed by atoms with Crippen LogP contribution in [0.2, 0.25) is 0 Å². The van der Waals surface area contributed by atoms with Crippen LogP contribution < -0.4 is 16.8 Å². The summed E-state index contributed by atoms with van der Waals surface area (Å²) in [5, 5.41) is 22.1. The third kappa shape index (κ3) is 11.1. The Bertz CT molecular complexity index is 1100. The average Bonchev–Trinajstić information content (AvgIpc) is 2.83. The highest BCUT2D eigenvalue weighted by Crippen LogP contribution is 2.25. The quantitative estimate of drug-likeness (QED) is 0.322. The lowest BCUT2D eigenvalue weighted by Crippen LogP contribution is -2.16. The SMILES string of the molecule is C#C.C/C(=C\C=C/CC(C)(C)O)CN/C=C(\N)c1cc(-c2cccc(C#N)c2C)nc(N)n1.CC. The van der Waals surface area contributed by atoms with Gasteiger partial charge in [0.25, 0.3) is 0 Å². The van der Waals surface area contributed by atoms with Crippen molar-refractivity contribution in [3.05, 3.63) is 71.1 Å². The van der Waals surface area contributed by atoms with Gasteiger partial charge in [-0.1, -0.05) is 49.8 Å². The van der Waals surface area contributed by atoms with E-state index in [0.29, 0.717) is 35.6 Å². The number of terminal acetylenes is 1. The van der Waals surface area contributed by atoms with E-state index in [9.17, 15) is 10.4 Å². The number of aromatic nitrogens is 2. The number of anilines is 1. The fraction of sp³-hybridized carbons (Fsp3) is 0.321. The lowest BCUT2D eigenvalue weighted by molar-refractivity contribution is 0.0839. The van der Waals surface area contributed by atoms with Crippen LogP contribution in [0.15, 0.2) is 54.3 Å². The topological polar surface area (TPSA) is 134 Å². The molecule has 6 N–H and O–H groups in total. The molecule has 7 heteroatoms. The van der Waals surface area contributed by atoms with Gasteiger partial charge in [0.15, 0.2) is 0 Å². The van der Waals surface area contributed by atoms with Crippen LogP contribution in [0.25, 0.3) is 17.0 Å². The van der Waals surface area contributed by atoms with Gasteiger partial charge in [0.2, 0.25) is 5.95 Å². The summed E-state index contributed by atoms with van der Waals surface area (Å²) < 4.78 is 0. The predicted octanol–water partition coefficient (Wildman–Crippen LogP) is 4.69. The Hall–Kier alpha value is -4.07. The summed E-state index contributed by atoms with van der Waals surface area (Å²) in [6, 6.07) is 9.40. The molecule has 35 heavy (non-hydrogen) atoms. The summed E-state index contributed by atoms with van der Waals surface area (Å²) in [5.41, 5.74) is 16.3. The first-order valence-corrected chi connectivity index (χ1v) is 11.3. The Morgan fingerprint density at radius 2 is 1.91 bits per heavy atom. The van der Waals surface area contributed by atoms with Gasteiger partial charge < -0.3 is 21.9 Å². The van der Waals surface area contributed by atoms with Gasteiger partial charge in [-0.05, 0) is 51.8 Å². The van der Waals surface area contributed by atoms with Gasteiger partial charge >= 0.3 is 0 Å². The molecule has 0 unspecified atom stereocenters. The Kier molecular flexibility index (Phi) is 13.9. The molecule has 1 aromatic carbocycles. The van der Waals surface area contributed by atoms with E-state index in [0.717, 1.165) is 16.7 Å². The molecule has 0 aliphatic carbocycles. The highest BCUT2D eigenvalue weighted by molar-refractivity contribution is 5.71. The van der Waals surface area contributed by atoms with Crippen LogP contribution in [-0.4, -0.2) is 27.2 Å². The number of allylic oxidation sites excluding steroid dienone is 2. The second kappa shape index (κ2) is 15.7. The third-order valence-corrected chi connectivity index (χ3v) is 4.54. The zero-order chi connectivity index (χ0) is 27.0. The van der Waals surface area contributed by atoms with Crippen LogP contribution in [0.5, 0.6) is 0 Å². The van der Waals surface area contributed by atoms with E-state index < -0.39 is 5.60 Å². The number of rotatable bonds is 8. The molecule has 1 heterocycles. The maximum Gasteiger partial charge on any atom is 0.221 e. The van der Waals surface area contributed by atoms with Gasteiger partial charge in [-0.3, -0.25) is 0 Å². The average molecular weight is 475 g/mol. The molecular weight excluding hydrogens is 436 g/mol. The molecule has 0 amide bonds. The Labute approximate surface area is 210 Å². The zero-order valence-corrected chi connectivity index (χ0v) is 21.6. The minimum atomic E-state index is -0.708. The van der Waals surface area contributed by atoms with Crippen LogP contribution in [0.4, 0.5) is 5.95 Å². The van der Waals surface area contributed by atoms with E-state index in [4.69, 9.17) is 11.5 Å². The number of nitrogens with one attached hydrogen (secondary N) is 1. The van der Waals surface area contributed by atoms with Gasteiger partial charge in [-0.25, -0.2) is 9.97 Å². The molecule has 0 saturated heterocycles. The summed E-state index contributed by atoms with van der Waals surface area (Å²) in [4.78, 5) is 8.54. The van der Waals surface area contributed by atoms with Crippen LogP contribution in [-0.2, 0) is 0 Å². The first-order valence-electron chi connectivity index (χ1n) is 11.3. The molecule has 7 nitrogen and oxygen atoms in total. The summed E-state index contributed by atoms with van der Waals surface area (Å²) in [6.07, 6.45) is 16.1. The fourth-order valence-electron chi connectivity index (χ4n) is 2.83. The molecule has 0 atom stereocenters. The number of hydrogen-bond donors (Lipinski definition) is 4. The Morgan fingerprint density at radius 3 is 2.51 bits per heavy atom. The lowest BCUT2D eigenvalue weighted by atomic mass is 10.00. The van der Waals surface area contributed by atoms with Gasteiger partial charge in [0.1, 0.15) is 0 Å². The smallest absolute Gasteiger partial charge is 0.221 e. The van der Waals surface area contributed by atoms with E-state index in [1.54, 1.807) is 32.2 Å². The van der Waals surface area contributed by atoms with E-state index >= 15 is 0 Å². The second-order valence-electron chi connectivity index (χ2n) is 8.02. The molecule has 0 radical (unpaired) electrons. The van der Waals surface area contributed by atoms with Crippen molar-refractivity contribution in [1.29, 1.82) is 5.26 Å². The van der Waals surface area contributed by atoms with Crippen LogP contribution in [0.3, 0.4) is 0 Å². The number of nitriles is 1. The summed E-state index contributed by atoms with van der Waals surface area (Å²) in [7, 11) is 0. The van der Waals surface area contributed by atoms with Crippen LogP contribution in [0, 0.1) is 31.1 Å². The standard InChI is InChI=1S/C24H30N6O.C2H6.C2H2/c1-16(8-5-6-11-24(3,4)31)14-28-15-20(26)22-12-21(29-23(27)30-22)19-10-7-9-18(13-25)17(19)2;2*1-2/h5-10,12,15,28,31H,11,14,26H2,1-4H3,(H2,27,29,30);1-2H3;1-2H/b6-5-,16-8+,20-15-;;. The summed E-state index contributed by atoms with van der Waals surface area (Å²) in [6.45, 7) is 12.0. The van der Waals surface area contributed by atoms with Gasteiger partial charge in [0, 0.05) is 18.3 Å². The normalized spacial score (nSPS) is 11.5. The molecule has 0 aliphatic rings. The van der Waals surface area contributed by atoms with Crippen LogP contribution in [0.1, 0.15) is 57.9 Å². The molecule has 2 aromatic rings. The minimum absolute atomic E-state index is 0.110. The lowest BCUT2D eigenvalue weighted by Gasteiger charge is -2.13.